The Labute approximate surface area is 185 Å². The van der Waals surface area contributed by atoms with E-state index in [2.05, 4.69) is 9.71 Å². The Hall–Kier alpha value is -2.85. The van der Waals surface area contributed by atoms with E-state index in [4.69, 9.17) is 4.74 Å². The molecule has 1 N–H and O–H groups in total. The number of hydrogen-bond donors (Lipinski definition) is 1. The quantitative estimate of drug-likeness (QED) is 0.629. The fourth-order valence-corrected chi connectivity index (χ4v) is 5.26. The highest BCUT2D eigenvalue weighted by atomic mass is 32.2. The van der Waals surface area contributed by atoms with Gasteiger partial charge >= 0.3 is 5.97 Å². The number of amidine groups is 1. The molecule has 0 spiro atoms. The maximum Gasteiger partial charge on any atom is 0.338 e. The van der Waals surface area contributed by atoms with Crippen molar-refractivity contribution in [1.29, 1.82) is 0 Å². The first-order valence-electron chi connectivity index (χ1n) is 9.77. The van der Waals surface area contributed by atoms with Crippen LogP contribution < -0.4 is 10.2 Å². The van der Waals surface area contributed by atoms with E-state index in [0.29, 0.717) is 23.5 Å². The lowest BCUT2D eigenvalue weighted by molar-refractivity contribution is -0.113. The number of amides is 1. The summed E-state index contributed by atoms with van der Waals surface area (Å²) in [4.78, 5) is 26.1. The molecular weight excluding hydrogens is 438 g/mol. The third kappa shape index (κ3) is 5.45. The molecule has 164 valence electrons. The molecule has 0 fully saturated rings. The number of benzene rings is 2. The molecule has 0 aromatic heterocycles. The third-order valence-corrected chi connectivity index (χ3v) is 6.73. The SMILES string of the molecule is CCCN1C(SCC(=O)Nc2ccc(C(=O)OCC)cc2)=NS(=O)(=O)c2ccccc21. The minimum absolute atomic E-state index is 0.0175. The van der Waals surface area contributed by atoms with Gasteiger partial charge in [-0.3, -0.25) is 4.79 Å². The van der Waals surface area contributed by atoms with Gasteiger partial charge in [-0.05, 0) is 49.7 Å². The lowest BCUT2D eigenvalue weighted by Gasteiger charge is -2.29. The predicted molar refractivity (Wildman–Crippen MR) is 122 cm³/mol. The van der Waals surface area contributed by atoms with Gasteiger partial charge in [-0.15, -0.1) is 4.40 Å². The van der Waals surface area contributed by atoms with E-state index in [0.717, 1.165) is 18.2 Å². The lowest BCUT2D eigenvalue weighted by Crippen LogP contribution is -2.35. The molecule has 2 aromatic rings. The number of fused-ring (bicyclic) bond motifs is 1. The second-order valence-corrected chi connectivity index (χ2v) is 9.12. The van der Waals surface area contributed by atoms with E-state index in [1.165, 1.54) is 6.07 Å². The van der Waals surface area contributed by atoms with Crippen LogP contribution >= 0.6 is 11.8 Å². The fraction of sp³-hybridized carbons (Fsp3) is 0.286. The molecule has 1 heterocycles. The van der Waals surface area contributed by atoms with Crippen molar-refractivity contribution in [3.05, 3.63) is 54.1 Å². The zero-order valence-corrected chi connectivity index (χ0v) is 18.8. The van der Waals surface area contributed by atoms with Crippen molar-refractivity contribution in [3.8, 4) is 0 Å². The van der Waals surface area contributed by atoms with E-state index in [1.807, 2.05) is 11.8 Å². The smallest absolute Gasteiger partial charge is 0.338 e. The maximum absolute atomic E-state index is 12.5. The van der Waals surface area contributed by atoms with Gasteiger partial charge in [0.2, 0.25) is 5.91 Å². The summed E-state index contributed by atoms with van der Waals surface area (Å²) in [5.74, 6) is -0.760. The van der Waals surface area contributed by atoms with Crippen LogP contribution in [0.1, 0.15) is 30.6 Å². The molecule has 0 unspecified atom stereocenters. The summed E-state index contributed by atoms with van der Waals surface area (Å²) in [5, 5.41) is 3.00. The monoisotopic (exact) mass is 461 g/mol. The van der Waals surface area contributed by atoms with Crippen molar-refractivity contribution < 1.29 is 22.7 Å². The first-order valence-corrected chi connectivity index (χ1v) is 12.2. The number of para-hydroxylation sites is 1. The predicted octanol–water partition coefficient (Wildman–Crippen LogP) is 3.51. The average Bonchev–Trinajstić information content (AvgIpc) is 2.75. The van der Waals surface area contributed by atoms with Crippen LogP contribution in [0.25, 0.3) is 0 Å². The molecular formula is C21H23N3O5S2. The van der Waals surface area contributed by atoms with Gasteiger partial charge in [0, 0.05) is 12.2 Å². The first-order chi connectivity index (χ1) is 14.9. The summed E-state index contributed by atoms with van der Waals surface area (Å²) in [7, 11) is -3.82. The number of anilines is 2. The van der Waals surface area contributed by atoms with Gasteiger partial charge in [0.1, 0.15) is 4.90 Å². The van der Waals surface area contributed by atoms with Crippen LogP contribution in [0.2, 0.25) is 0 Å². The molecule has 0 saturated heterocycles. The molecule has 1 amide bonds. The lowest BCUT2D eigenvalue weighted by atomic mass is 10.2. The molecule has 10 heteroatoms. The van der Waals surface area contributed by atoms with E-state index < -0.39 is 16.0 Å². The van der Waals surface area contributed by atoms with E-state index in [9.17, 15) is 18.0 Å². The Morgan fingerprint density at radius 1 is 1.10 bits per heavy atom. The van der Waals surface area contributed by atoms with Crippen molar-refractivity contribution >= 4 is 50.2 Å². The Bertz CT molecular complexity index is 1100. The second kappa shape index (κ2) is 9.97. The summed E-state index contributed by atoms with van der Waals surface area (Å²) < 4.78 is 33.9. The number of hydrogen-bond acceptors (Lipinski definition) is 7. The molecule has 8 nitrogen and oxygen atoms in total. The second-order valence-electron chi connectivity index (χ2n) is 6.60. The highest BCUT2D eigenvalue weighted by Crippen LogP contribution is 2.34. The van der Waals surface area contributed by atoms with Crippen LogP contribution in [0, 0.1) is 0 Å². The number of nitrogens with one attached hydrogen (secondary N) is 1. The summed E-state index contributed by atoms with van der Waals surface area (Å²) in [5.41, 5.74) is 1.48. The zero-order chi connectivity index (χ0) is 22.4. The number of thioether (sulfide) groups is 1. The van der Waals surface area contributed by atoms with E-state index in [1.54, 1.807) is 49.4 Å². The molecule has 3 rings (SSSR count). The van der Waals surface area contributed by atoms with Gasteiger partial charge in [-0.2, -0.15) is 8.42 Å². The molecule has 31 heavy (non-hydrogen) atoms. The summed E-state index contributed by atoms with van der Waals surface area (Å²) in [6.07, 6.45) is 0.785. The van der Waals surface area contributed by atoms with Gasteiger partial charge < -0.3 is 15.0 Å². The Morgan fingerprint density at radius 2 is 1.81 bits per heavy atom. The van der Waals surface area contributed by atoms with Gasteiger partial charge in [-0.1, -0.05) is 30.8 Å². The molecule has 1 aliphatic heterocycles. The standard InChI is InChI=1S/C21H23N3O5S2/c1-3-13-24-17-7-5-6-8-18(17)31(27,28)23-21(24)30-14-19(25)22-16-11-9-15(10-12-16)20(26)29-4-2/h5-12H,3-4,13-14H2,1-2H3,(H,22,25). The number of carbonyl (C=O) groups is 2. The van der Waals surface area contributed by atoms with Crippen LogP contribution in [-0.2, 0) is 19.6 Å². The van der Waals surface area contributed by atoms with Crippen molar-refractivity contribution in [3.63, 3.8) is 0 Å². The molecule has 0 radical (unpaired) electrons. The Kier molecular flexibility index (Phi) is 7.34. The van der Waals surface area contributed by atoms with Crippen LogP contribution in [0.5, 0.6) is 0 Å². The molecule has 0 bridgehead atoms. The van der Waals surface area contributed by atoms with Crippen LogP contribution in [0.15, 0.2) is 57.8 Å². The molecule has 0 atom stereocenters. The molecule has 0 aliphatic carbocycles. The number of rotatable bonds is 7. The summed E-state index contributed by atoms with van der Waals surface area (Å²) in [6.45, 7) is 4.58. The number of carbonyl (C=O) groups excluding carboxylic acids is 2. The van der Waals surface area contributed by atoms with Crippen LogP contribution in [0.3, 0.4) is 0 Å². The molecule has 1 aliphatic rings. The Balaban J connectivity index is 1.68. The van der Waals surface area contributed by atoms with Gasteiger partial charge in [0.05, 0.1) is 23.6 Å². The highest BCUT2D eigenvalue weighted by Gasteiger charge is 2.30. The molecule has 2 aromatic carbocycles. The summed E-state index contributed by atoms with van der Waals surface area (Å²) >= 11 is 1.06. The minimum atomic E-state index is -3.82. The van der Waals surface area contributed by atoms with Gasteiger partial charge in [0.15, 0.2) is 5.17 Å². The zero-order valence-electron chi connectivity index (χ0n) is 17.2. The topological polar surface area (TPSA) is 105 Å². The number of sulfonamides is 1. The van der Waals surface area contributed by atoms with E-state index >= 15 is 0 Å². The fourth-order valence-electron chi connectivity index (χ4n) is 2.98. The number of nitrogens with zero attached hydrogens (tertiary/aromatic N) is 2. The number of esters is 1. The Morgan fingerprint density at radius 3 is 2.48 bits per heavy atom. The van der Waals surface area contributed by atoms with E-state index in [-0.39, 0.29) is 28.3 Å². The van der Waals surface area contributed by atoms with Crippen molar-refractivity contribution in [2.75, 3.05) is 29.1 Å². The first kappa shape index (κ1) is 22.8. The highest BCUT2D eigenvalue weighted by molar-refractivity contribution is 8.15. The van der Waals surface area contributed by atoms with Gasteiger partial charge in [-0.25, -0.2) is 4.79 Å². The molecule has 0 saturated carbocycles. The third-order valence-electron chi connectivity index (χ3n) is 4.32. The van der Waals surface area contributed by atoms with Crippen molar-refractivity contribution in [2.45, 2.75) is 25.2 Å². The van der Waals surface area contributed by atoms with Gasteiger partial charge in [0.25, 0.3) is 10.0 Å². The maximum atomic E-state index is 12.5. The van der Waals surface area contributed by atoms with Crippen molar-refractivity contribution in [2.24, 2.45) is 4.40 Å². The largest absolute Gasteiger partial charge is 0.462 e. The number of ether oxygens (including phenoxy) is 1. The van der Waals surface area contributed by atoms with Crippen molar-refractivity contribution in [1.82, 2.24) is 0 Å². The van der Waals surface area contributed by atoms with Crippen LogP contribution in [0.4, 0.5) is 11.4 Å². The normalized spacial score (nSPS) is 14.4. The van der Waals surface area contributed by atoms with Crippen LogP contribution in [-0.4, -0.2) is 44.4 Å². The summed E-state index contributed by atoms with van der Waals surface area (Å²) in [6, 6.07) is 13.1. The minimum Gasteiger partial charge on any atom is -0.462 e. The average molecular weight is 462 g/mol.